The molecule has 8 nitrogen and oxygen atoms in total. The van der Waals surface area contributed by atoms with Crippen LogP contribution in [0.15, 0.2) is 59.1 Å². The molecule has 1 fully saturated rings. The Balaban J connectivity index is 2.01. The molecule has 1 unspecified atom stereocenters. The summed E-state index contributed by atoms with van der Waals surface area (Å²) in [6.45, 7) is 0. The van der Waals surface area contributed by atoms with Crippen molar-refractivity contribution >= 4 is 46.6 Å². The molecule has 2 aromatic rings. The van der Waals surface area contributed by atoms with Crippen LogP contribution in [0.4, 0.5) is 11.4 Å². The van der Waals surface area contributed by atoms with Gasteiger partial charge in [-0.15, -0.1) is 0 Å². The van der Waals surface area contributed by atoms with Crippen LogP contribution >= 0.6 is 23.4 Å². The highest BCUT2D eigenvalue weighted by atomic mass is 35.5. The Morgan fingerprint density at radius 3 is 2.59 bits per heavy atom. The Kier molecular flexibility index (Phi) is 5.87. The maximum absolute atomic E-state index is 13.1. The third kappa shape index (κ3) is 4.23. The van der Waals surface area contributed by atoms with Gasteiger partial charge in [-0.2, -0.15) is 5.26 Å². The molecule has 1 saturated heterocycles. The fraction of sp³-hybridized carbons (Fsp3) is 0.105. The average molecular weight is 429 g/mol. The van der Waals surface area contributed by atoms with Crippen molar-refractivity contribution in [3.05, 3.63) is 79.8 Å². The number of primary amides is 1. The zero-order valence-corrected chi connectivity index (χ0v) is 16.3. The number of benzene rings is 2. The highest BCUT2D eigenvalue weighted by molar-refractivity contribution is 8.05. The molecule has 1 heterocycles. The van der Waals surface area contributed by atoms with Gasteiger partial charge in [0.1, 0.15) is 16.7 Å². The van der Waals surface area contributed by atoms with Gasteiger partial charge in [0.2, 0.25) is 5.91 Å². The first kappa shape index (κ1) is 20.4. The number of amides is 2. The molecule has 2 amide bonds. The number of nitro benzene ring substituents is 1. The number of nitro groups is 1. The van der Waals surface area contributed by atoms with Crippen molar-refractivity contribution in [2.24, 2.45) is 5.73 Å². The second-order valence-corrected chi connectivity index (χ2v) is 7.67. The highest BCUT2D eigenvalue weighted by Crippen LogP contribution is 2.42. The Labute approximate surface area is 174 Å². The highest BCUT2D eigenvalue weighted by Gasteiger charge is 2.40. The number of halogens is 1. The second kappa shape index (κ2) is 8.34. The number of carbonyl (C=O) groups is 2. The molecule has 3 rings (SSSR count). The molecule has 2 aromatic carbocycles. The number of non-ortho nitro benzene ring substituents is 1. The lowest BCUT2D eigenvalue weighted by atomic mass is 10.1. The largest absolute Gasteiger partial charge is 0.365 e. The quantitative estimate of drug-likeness (QED) is 0.337. The Hall–Kier alpha value is -3.35. The normalized spacial score (nSPS) is 17.7. The predicted molar refractivity (Wildman–Crippen MR) is 109 cm³/mol. The topological polar surface area (TPSA) is 130 Å². The van der Waals surface area contributed by atoms with Crippen molar-refractivity contribution in [2.75, 3.05) is 4.90 Å². The SMILES string of the molecule is N#CC(C(N)=O)=C1SC(Cc2cccc([N+](=O)[O-])c2)C(=O)N1c1ccc(Cl)cc1. The van der Waals surface area contributed by atoms with E-state index in [2.05, 4.69) is 0 Å². The molecule has 1 aliphatic rings. The van der Waals surface area contributed by atoms with Crippen LogP contribution in [0, 0.1) is 21.4 Å². The lowest BCUT2D eigenvalue weighted by molar-refractivity contribution is -0.384. The van der Waals surface area contributed by atoms with Crippen molar-refractivity contribution in [3.8, 4) is 6.07 Å². The van der Waals surface area contributed by atoms with Crippen molar-refractivity contribution < 1.29 is 14.5 Å². The standard InChI is InChI=1S/C19H13ClN4O4S/c20-12-4-6-13(7-5-12)23-18(26)16(29-19(23)15(10-21)17(22)25)9-11-2-1-3-14(8-11)24(27)28/h1-8,16H,9H2,(H2,22,25). The summed E-state index contributed by atoms with van der Waals surface area (Å²) in [5.41, 5.74) is 5.91. The summed E-state index contributed by atoms with van der Waals surface area (Å²) in [6.07, 6.45) is 0.177. The monoisotopic (exact) mass is 428 g/mol. The molecule has 1 aliphatic heterocycles. The van der Waals surface area contributed by atoms with Gasteiger partial charge in [0.15, 0.2) is 0 Å². The van der Waals surface area contributed by atoms with E-state index in [1.54, 1.807) is 36.4 Å². The minimum absolute atomic E-state index is 0.0851. The van der Waals surface area contributed by atoms with E-state index in [0.717, 1.165) is 11.8 Å². The maximum atomic E-state index is 13.1. The minimum atomic E-state index is -0.947. The van der Waals surface area contributed by atoms with Crippen molar-refractivity contribution in [1.82, 2.24) is 0 Å². The summed E-state index contributed by atoms with van der Waals surface area (Å²) < 4.78 is 0. The summed E-state index contributed by atoms with van der Waals surface area (Å²) in [4.78, 5) is 36.6. The van der Waals surface area contributed by atoms with E-state index in [1.165, 1.54) is 23.1 Å². The molecule has 29 heavy (non-hydrogen) atoms. The lowest BCUT2D eigenvalue weighted by Crippen LogP contribution is -2.31. The van der Waals surface area contributed by atoms with E-state index in [-0.39, 0.29) is 28.6 Å². The van der Waals surface area contributed by atoms with Gasteiger partial charge < -0.3 is 5.73 Å². The first-order valence-electron chi connectivity index (χ1n) is 8.25. The predicted octanol–water partition coefficient (Wildman–Crippen LogP) is 3.16. The van der Waals surface area contributed by atoms with Crippen LogP contribution < -0.4 is 10.6 Å². The van der Waals surface area contributed by atoms with Gasteiger partial charge >= 0.3 is 0 Å². The summed E-state index contributed by atoms with van der Waals surface area (Å²) in [5.74, 6) is -1.31. The van der Waals surface area contributed by atoms with E-state index in [4.69, 9.17) is 17.3 Å². The van der Waals surface area contributed by atoms with Crippen LogP contribution in [0.2, 0.25) is 5.02 Å². The minimum Gasteiger partial charge on any atom is -0.365 e. The van der Waals surface area contributed by atoms with E-state index >= 15 is 0 Å². The summed E-state index contributed by atoms with van der Waals surface area (Å²) >= 11 is 6.93. The number of nitrogens with zero attached hydrogens (tertiary/aromatic N) is 3. The number of carbonyl (C=O) groups excluding carboxylic acids is 2. The van der Waals surface area contributed by atoms with Gasteiger partial charge in [-0.3, -0.25) is 24.6 Å². The van der Waals surface area contributed by atoms with Gasteiger partial charge in [-0.1, -0.05) is 35.5 Å². The lowest BCUT2D eigenvalue weighted by Gasteiger charge is -2.18. The van der Waals surface area contributed by atoms with Crippen molar-refractivity contribution in [1.29, 1.82) is 5.26 Å². The number of nitriles is 1. The maximum Gasteiger partial charge on any atom is 0.269 e. The summed E-state index contributed by atoms with van der Waals surface area (Å²) in [6, 6.07) is 14.1. The van der Waals surface area contributed by atoms with Crippen LogP contribution in [-0.2, 0) is 16.0 Å². The van der Waals surface area contributed by atoms with E-state index in [1.807, 2.05) is 0 Å². The average Bonchev–Trinajstić information content (AvgIpc) is 2.99. The van der Waals surface area contributed by atoms with Crippen LogP contribution in [0.1, 0.15) is 5.56 Å². The Morgan fingerprint density at radius 1 is 1.31 bits per heavy atom. The van der Waals surface area contributed by atoms with Crippen LogP contribution in [0.25, 0.3) is 0 Å². The van der Waals surface area contributed by atoms with Crippen LogP contribution in [-0.4, -0.2) is 22.0 Å². The molecule has 10 heteroatoms. The number of rotatable bonds is 5. The van der Waals surface area contributed by atoms with Crippen LogP contribution in [0.5, 0.6) is 0 Å². The Bertz CT molecular complexity index is 1080. The molecule has 0 spiro atoms. The summed E-state index contributed by atoms with van der Waals surface area (Å²) in [5, 5.41) is 20.3. The Morgan fingerprint density at radius 2 is 2.00 bits per heavy atom. The molecule has 146 valence electrons. The zero-order chi connectivity index (χ0) is 21.1. The molecule has 0 aliphatic carbocycles. The van der Waals surface area contributed by atoms with Gasteiger partial charge in [0, 0.05) is 22.8 Å². The second-order valence-electron chi connectivity index (χ2n) is 6.04. The smallest absolute Gasteiger partial charge is 0.269 e. The molecular formula is C19H13ClN4O4S. The molecular weight excluding hydrogens is 416 g/mol. The molecule has 0 radical (unpaired) electrons. The number of thioether (sulfide) groups is 1. The van der Waals surface area contributed by atoms with Crippen molar-refractivity contribution in [3.63, 3.8) is 0 Å². The van der Waals surface area contributed by atoms with Gasteiger partial charge in [0.25, 0.3) is 11.6 Å². The van der Waals surface area contributed by atoms with Gasteiger partial charge in [-0.25, -0.2) is 0 Å². The van der Waals surface area contributed by atoms with Gasteiger partial charge in [0.05, 0.1) is 10.2 Å². The third-order valence-electron chi connectivity index (χ3n) is 4.15. The molecule has 1 atom stereocenters. The van der Waals surface area contributed by atoms with Crippen LogP contribution in [0.3, 0.4) is 0 Å². The first-order valence-corrected chi connectivity index (χ1v) is 9.51. The molecule has 0 saturated carbocycles. The zero-order valence-electron chi connectivity index (χ0n) is 14.7. The number of nitrogens with two attached hydrogens (primary N) is 1. The first-order chi connectivity index (χ1) is 13.8. The van der Waals surface area contributed by atoms with Gasteiger partial charge in [-0.05, 0) is 36.2 Å². The summed E-state index contributed by atoms with van der Waals surface area (Å²) in [7, 11) is 0. The van der Waals surface area contributed by atoms with E-state index < -0.39 is 16.1 Å². The van der Waals surface area contributed by atoms with E-state index in [0.29, 0.717) is 16.3 Å². The third-order valence-corrected chi connectivity index (χ3v) is 5.67. The molecule has 0 bridgehead atoms. The number of hydrogen-bond acceptors (Lipinski definition) is 6. The van der Waals surface area contributed by atoms with E-state index in [9.17, 15) is 25.0 Å². The van der Waals surface area contributed by atoms with Crippen molar-refractivity contribution in [2.45, 2.75) is 11.7 Å². The fourth-order valence-electron chi connectivity index (χ4n) is 2.84. The number of hydrogen-bond donors (Lipinski definition) is 1. The molecule has 2 N–H and O–H groups in total. The number of anilines is 1. The molecule has 0 aromatic heterocycles. The fourth-order valence-corrected chi connectivity index (χ4v) is 4.28.